The quantitative estimate of drug-likeness (QED) is 0.719. The third-order valence-electron chi connectivity index (χ3n) is 2.29. The van der Waals surface area contributed by atoms with Gasteiger partial charge in [-0.25, -0.2) is 0 Å². The van der Waals surface area contributed by atoms with Crippen molar-refractivity contribution in [1.29, 1.82) is 0 Å². The first kappa shape index (κ1) is 7.07. The van der Waals surface area contributed by atoms with Gasteiger partial charge in [-0.15, -0.1) is 0 Å². The summed E-state index contributed by atoms with van der Waals surface area (Å²) in [7, 11) is 1.59. The SMILES string of the molecule is [2H]C([2H])(NC([2H])(C([2H])([2H])[2H])C([2H])([2H])[2H])C(O)COc1ccc(CCOC)cc1. The van der Waals surface area contributed by atoms with Crippen molar-refractivity contribution in [3.05, 3.63) is 29.8 Å². The molecule has 0 aromatic heterocycles. The minimum absolute atomic E-state index is 0.333. The topological polar surface area (TPSA) is 50.7 Å². The lowest BCUT2D eigenvalue weighted by Crippen LogP contribution is -2.35. The summed E-state index contributed by atoms with van der Waals surface area (Å²) in [6.07, 6.45) is -1.24. The number of hydrogen-bond acceptors (Lipinski definition) is 4. The molecule has 4 heteroatoms. The Bertz CT molecular complexity index is 603. The van der Waals surface area contributed by atoms with Gasteiger partial charge in [0.2, 0.25) is 0 Å². The minimum atomic E-state index is -3.37. The molecule has 1 rings (SSSR count). The molecule has 1 atom stereocenters. The van der Waals surface area contributed by atoms with E-state index in [4.69, 9.17) is 21.8 Å². The van der Waals surface area contributed by atoms with Crippen LogP contribution in [-0.4, -0.2) is 44.0 Å². The summed E-state index contributed by atoms with van der Waals surface area (Å²) in [5.41, 5.74) is 0.987. The molecule has 0 saturated heterocycles. The van der Waals surface area contributed by atoms with Crippen LogP contribution < -0.4 is 10.1 Å². The van der Waals surface area contributed by atoms with Crippen LogP contribution in [0.4, 0.5) is 0 Å². The maximum absolute atomic E-state index is 10.1. The van der Waals surface area contributed by atoms with E-state index in [1.807, 2.05) is 0 Å². The molecule has 0 fully saturated rings. The zero-order chi connectivity index (χ0) is 21.8. The molecule has 1 unspecified atom stereocenters. The molecule has 1 aromatic carbocycles. The first-order chi connectivity index (χ1) is 12.6. The number of methoxy groups -OCH3 is 1. The zero-order valence-corrected chi connectivity index (χ0v) is 10.8. The van der Waals surface area contributed by atoms with E-state index < -0.39 is 38.9 Å². The van der Waals surface area contributed by atoms with Gasteiger partial charge < -0.3 is 19.9 Å². The summed E-state index contributed by atoms with van der Waals surface area (Å²) in [4.78, 5) is 0. The Morgan fingerprint density at radius 1 is 1.42 bits per heavy atom. The first-order valence-corrected chi connectivity index (χ1v) is 5.82. The largest absolute Gasteiger partial charge is 0.491 e. The molecule has 0 spiro atoms. The zero-order valence-electron chi connectivity index (χ0n) is 19.8. The van der Waals surface area contributed by atoms with Crippen LogP contribution >= 0.6 is 0 Å². The van der Waals surface area contributed by atoms with E-state index >= 15 is 0 Å². The number of benzene rings is 1. The van der Waals surface area contributed by atoms with Crippen LogP contribution in [0.1, 0.15) is 31.6 Å². The Balaban J connectivity index is 2.80. The van der Waals surface area contributed by atoms with Gasteiger partial charge in [-0.2, -0.15) is 0 Å². The molecule has 2 N–H and O–H groups in total. The van der Waals surface area contributed by atoms with Crippen molar-refractivity contribution in [2.75, 3.05) is 26.8 Å². The third kappa shape index (κ3) is 7.15. The van der Waals surface area contributed by atoms with Crippen molar-refractivity contribution >= 4 is 0 Å². The monoisotopic (exact) mass is 276 g/mol. The molecule has 0 bridgehead atoms. The van der Waals surface area contributed by atoms with Crippen LogP contribution in [0.5, 0.6) is 5.75 Å². The van der Waals surface area contributed by atoms with E-state index in [-0.39, 0.29) is 0 Å². The lowest BCUT2D eigenvalue weighted by Gasteiger charge is -2.15. The van der Waals surface area contributed by atoms with Crippen molar-refractivity contribution in [2.45, 2.75) is 32.2 Å². The molecule has 0 aliphatic heterocycles. The molecule has 19 heavy (non-hydrogen) atoms. The van der Waals surface area contributed by atoms with Crippen molar-refractivity contribution in [1.82, 2.24) is 5.32 Å². The van der Waals surface area contributed by atoms with Crippen molar-refractivity contribution in [2.24, 2.45) is 0 Å². The highest BCUT2D eigenvalue weighted by Gasteiger charge is 2.05. The summed E-state index contributed by atoms with van der Waals surface area (Å²) in [5.74, 6) is 0.333. The maximum Gasteiger partial charge on any atom is 0.119 e. The Hall–Kier alpha value is -1.10. The molecule has 0 amide bonds. The maximum atomic E-state index is 10.1. The fraction of sp³-hybridized carbons (Fsp3) is 0.600. The number of aliphatic hydroxyl groups is 1. The number of nitrogens with one attached hydrogen (secondary N) is 1. The second kappa shape index (κ2) is 8.91. The summed E-state index contributed by atoms with van der Waals surface area (Å²) >= 11 is 0. The van der Waals surface area contributed by atoms with Gasteiger partial charge in [0.05, 0.1) is 6.61 Å². The molecule has 0 radical (unpaired) electrons. The van der Waals surface area contributed by atoms with Crippen molar-refractivity contribution < 1.29 is 26.9 Å². The molecular weight excluding hydrogens is 242 g/mol. The fourth-order valence-corrected chi connectivity index (χ4v) is 1.34. The van der Waals surface area contributed by atoms with Gasteiger partial charge in [-0.05, 0) is 24.1 Å². The van der Waals surface area contributed by atoms with Crippen LogP contribution in [-0.2, 0) is 11.2 Å². The van der Waals surface area contributed by atoms with Gasteiger partial charge in [-0.3, -0.25) is 0 Å². The highest BCUT2D eigenvalue weighted by Crippen LogP contribution is 2.12. The summed E-state index contributed by atoms with van der Waals surface area (Å²) in [6.45, 7) is -9.69. The normalized spacial score (nSPS) is 22.3. The lowest BCUT2D eigenvalue weighted by atomic mass is 10.1. The van der Waals surface area contributed by atoms with Crippen LogP contribution in [0.2, 0.25) is 0 Å². The van der Waals surface area contributed by atoms with E-state index in [2.05, 4.69) is 0 Å². The van der Waals surface area contributed by atoms with E-state index in [1.54, 1.807) is 36.7 Å². The molecule has 0 aliphatic rings. The van der Waals surface area contributed by atoms with Crippen LogP contribution in [0, 0.1) is 0 Å². The van der Waals surface area contributed by atoms with Crippen LogP contribution in [0.15, 0.2) is 24.3 Å². The number of aliphatic hydroxyl groups excluding tert-OH is 1. The van der Waals surface area contributed by atoms with Gasteiger partial charge in [0.25, 0.3) is 0 Å². The van der Waals surface area contributed by atoms with Gasteiger partial charge in [0.15, 0.2) is 0 Å². The molecule has 108 valence electrons. The summed E-state index contributed by atoms with van der Waals surface area (Å²) in [6, 6.07) is 3.45. The summed E-state index contributed by atoms with van der Waals surface area (Å²) < 4.78 is 77.5. The number of rotatable bonds is 9. The lowest BCUT2D eigenvalue weighted by molar-refractivity contribution is 0.104. The number of ether oxygens (including phenoxy) is 2. The number of hydrogen-bond donors (Lipinski definition) is 2. The average molecular weight is 276 g/mol. The standard InChI is InChI=1S/C15H25NO3/c1-12(2)16-10-14(17)11-19-15-6-4-13(5-7-15)8-9-18-3/h4-7,12,14,16-17H,8-11H2,1-3H3/i1D3,2D3,10D2,12D. The second-order valence-corrected chi connectivity index (χ2v) is 3.86. The Kier molecular flexibility index (Phi) is 3.31. The predicted octanol–water partition coefficient (Wildman–Crippen LogP) is 1.61. The second-order valence-electron chi connectivity index (χ2n) is 3.86. The van der Waals surface area contributed by atoms with Crippen molar-refractivity contribution in [3.8, 4) is 5.75 Å². The smallest absolute Gasteiger partial charge is 0.119 e. The first-order valence-electron chi connectivity index (χ1n) is 10.3. The van der Waals surface area contributed by atoms with E-state index in [0.29, 0.717) is 18.8 Å². The highest BCUT2D eigenvalue weighted by molar-refractivity contribution is 5.27. The minimum Gasteiger partial charge on any atom is -0.491 e. The highest BCUT2D eigenvalue weighted by atomic mass is 16.5. The van der Waals surface area contributed by atoms with Gasteiger partial charge in [0.1, 0.15) is 18.5 Å². The van der Waals surface area contributed by atoms with Gasteiger partial charge in [-0.1, -0.05) is 25.8 Å². The average Bonchev–Trinajstić information content (AvgIpc) is 2.56. The Morgan fingerprint density at radius 2 is 2.16 bits per heavy atom. The molecule has 0 aliphatic carbocycles. The molecule has 0 heterocycles. The predicted molar refractivity (Wildman–Crippen MR) is 76.7 cm³/mol. The van der Waals surface area contributed by atoms with E-state index in [1.165, 1.54) is 0 Å². The Morgan fingerprint density at radius 3 is 2.79 bits per heavy atom. The fourth-order valence-electron chi connectivity index (χ4n) is 1.34. The summed E-state index contributed by atoms with van der Waals surface area (Å²) in [5, 5.41) is 11.7. The van der Waals surface area contributed by atoms with Crippen molar-refractivity contribution in [3.63, 3.8) is 0 Å². The van der Waals surface area contributed by atoms with E-state index in [9.17, 15) is 5.11 Å². The van der Waals surface area contributed by atoms with Gasteiger partial charge >= 0.3 is 0 Å². The molecular formula is C15H25NO3. The molecule has 4 nitrogen and oxygen atoms in total. The molecule has 1 aromatic rings. The Labute approximate surface area is 128 Å². The van der Waals surface area contributed by atoms with Crippen LogP contribution in [0.3, 0.4) is 0 Å². The van der Waals surface area contributed by atoms with Gasteiger partial charge in [0, 0.05) is 32.0 Å². The molecule has 0 saturated carbocycles. The third-order valence-corrected chi connectivity index (χ3v) is 2.29. The van der Waals surface area contributed by atoms with E-state index in [0.717, 1.165) is 5.56 Å². The van der Waals surface area contributed by atoms with Crippen LogP contribution in [0.25, 0.3) is 0 Å².